The summed E-state index contributed by atoms with van der Waals surface area (Å²) in [5.41, 5.74) is 2.68. The fraction of sp³-hybridized carbons (Fsp3) is 0.300. The number of nitrogens with zero attached hydrogens (tertiary/aromatic N) is 1. The summed E-state index contributed by atoms with van der Waals surface area (Å²) in [6.07, 6.45) is 3.46. The molecule has 1 N–H and O–H groups in total. The molecule has 2 aromatic rings. The molecule has 136 valence electrons. The average molecular weight is 433 g/mol. The molecule has 1 heterocycles. The molecule has 0 radical (unpaired) electrons. The molecule has 0 bridgehead atoms. The van der Waals surface area contributed by atoms with Gasteiger partial charge in [-0.1, -0.05) is 30.3 Å². The van der Waals surface area contributed by atoms with Crippen molar-refractivity contribution >= 4 is 45.2 Å². The Labute approximate surface area is 166 Å². The summed E-state index contributed by atoms with van der Waals surface area (Å²) in [5, 5.41) is 2.94. The zero-order valence-electron chi connectivity index (χ0n) is 14.6. The number of carbonyl (C=O) groups excluding carboxylic acids is 2. The van der Waals surface area contributed by atoms with Gasteiger partial charge in [-0.05, 0) is 64.5 Å². The molecule has 1 aliphatic rings. The zero-order valence-corrected chi connectivity index (χ0v) is 17.0. The van der Waals surface area contributed by atoms with Crippen LogP contribution in [0.5, 0.6) is 0 Å². The van der Waals surface area contributed by atoms with Gasteiger partial charge in [-0.2, -0.15) is 11.8 Å². The van der Waals surface area contributed by atoms with Gasteiger partial charge in [0.05, 0.1) is 5.56 Å². The maximum atomic E-state index is 13.2. The molecule has 0 spiro atoms. The lowest BCUT2D eigenvalue weighted by Crippen LogP contribution is -2.48. The molecular weight excluding hydrogens is 412 g/mol. The Bertz CT molecular complexity index is 812. The van der Waals surface area contributed by atoms with E-state index in [2.05, 4.69) is 27.3 Å². The topological polar surface area (TPSA) is 49.4 Å². The van der Waals surface area contributed by atoms with Gasteiger partial charge in [-0.15, -0.1) is 0 Å². The SMILES string of the molecule is CSCC[C@H](NC(=O)c1ccccc1Br)C(=O)N1CCc2ccccc21. The van der Waals surface area contributed by atoms with Crippen molar-refractivity contribution in [3.63, 3.8) is 0 Å². The first-order valence-corrected chi connectivity index (χ1v) is 10.7. The van der Waals surface area contributed by atoms with Crippen molar-refractivity contribution in [1.29, 1.82) is 0 Å². The van der Waals surface area contributed by atoms with Gasteiger partial charge in [-0.25, -0.2) is 0 Å². The highest BCUT2D eigenvalue weighted by Crippen LogP contribution is 2.28. The Kier molecular flexibility index (Phi) is 6.38. The fourth-order valence-corrected chi connectivity index (χ4v) is 4.07. The molecule has 0 saturated carbocycles. The van der Waals surface area contributed by atoms with E-state index < -0.39 is 6.04 Å². The van der Waals surface area contributed by atoms with E-state index >= 15 is 0 Å². The van der Waals surface area contributed by atoms with Crippen molar-refractivity contribution in [2.45, 2.75) is 18.9 Å². The van der Waals surface area contributed by atoms with E-state index in [1.165, 1.54) is 5.56 Å². The molecule has 0 saturated heterocycles. The number of nitrogens with one attached hydrogen (secondary N) is 1. The maximum Gasteiger partial charge on any atom is 0.253 e. The van der Waals surface area contributed by atoms with Crippen molar-refractivity contribution in [3.05, 3.63) is 64.1 Å². The summed E-state index contributed by atoms with van der Waals surface area (Å²) in [6.45, 7) is 0.666. The Morgan fingerprint density at radius 3 is 2.69 bits per heavy atom. The number of rotatable bonds is 6. The second-order valence-corrected chi connectivity index (χ2v) is 8.00. The molecule has 2 amide bonds. The number of hydrogen-bond acceptors (Lipinski definition) is 3. The summed E-state index contributed by atoms with van der Waals surface area (Å²) < 4.78 is 0.722. The summed E-state index contributed by atoms with van der Waals surface area (Å²) >= 11 is 5.07. The minimum atomic E-state index is -0.534. The van der Waals surface area contributed by atoms with Gasteiger partial charge in [0, 0.05) is 16.7 Å². The first kappa shape index (κ1) is 19.0. The minimum absolute atomic E-state index is 0.0376. The summed E-state index contributed by atoms with van der Waals surface area (Å²) in [4.78, 5) is 27.6. The van der Waals surface area contributed by atoms with Gasteiger partial charge in [0.15, 0.2) is 0 Å². The molecule has 2 aromatic carbocycles. The Morgan fingerprint density at radius 2 is 1.92 bits per heavy atom. The standard InChI is InChI=1S/C20H21BrN2O2S/c1-26-13-11-17(22-19(24)15-7-3-4-8-16(15)21)20(25)23-12-10-14-6-2-5-9-18(14)23/h2-9,17H,10-13H2,1H3,(H,22,24)/t17-/m0/s1. The van der Waals surface area contributed by atoms with Crippen LogP contribution in [0.15, 0.2) is 53.0 Å². The van der Waals surface area contributed by atoms with Crippen LogP contribution in [0.1, 0.15) is 22.3 Å². The van der Waals surface area contributed by atoms with Crippen LogP contribution in [0.25, 0.3) is 0 Å². The molecule has 4 nitrogen and oxygen atoms in total. The van der Waals surface area contributed by atoms with Crippen LogP contribution in [0.4, 0.5) is 5.69 Å². The number of halogens is 1. The number of amides is 2. The van der Waals surface area contributed by atoms with Crippen LogP contribution in [0, 0.1) is 0 Å². The molecule has 0 aromatic heterocycles. The Morgan fingerprint density at radius 1 is 1.19 bits per heavy atom. The fourth-order valence-electron chi connectivity index (χ4n) is 3.13. The number of thioether (sulfide) groups is 1. The van der Waals surface area contributed by atoms with Crippen molar-refractivity contribution in [3.8, 4) is 0 Å². The number of anilines is 1. The first-order chi connectivity index (χ1) is 12.6. The smallest absolute Gasteiger partial charge is 0.253 e. The van der Waals surface area contributed by atoms with Gasteiger partial charge in [-0.3, -0.25) is 9.59 Å². The third kappa shape index (κ3) is 4.13. The quantitative estimate of drug-likeness (QED) is 0.752. The number of fused-ring (bicyclic) bond motifs is 1. The highest BCUT2D eigenvalue weighted by Gasteiger charge is 2.31. The van der Waals surface area contributed by atoms with Crippen molar-refractivity contribution in [1.82, 2.24) is 5.32 Å². The molecule has 6 heteroatoms. The third-order valence-corrected chi connectivity index (χ3v) is 5.82. The largest absolute Gasteiger partial charge is 0.340 e. The van der Waals surface area contributed by atoms with E-state index in [-0.39, 0.29) is 11.8 Å². The minimum Gasteiger partial charge on any atom is -0.340 e. The summed E-state index contributed by atoms with van der Waals surface area (Å²) in [7, 11) is 0. The van der Waals surface area contributed by atoms with Crippen molar-refractivity contribution in [2.75, 3.05) is 23.5 Å². The van der Waals surface area contributed by atoms with Gasteiger partial charge in [0.1, 0.15) is 6.04 Å². The highest BCUT2D eigenvalue weighted by atomic mass is 79.9. The molecule has 1 atom stereocenters. The molecule has 0 aliphatic carbocycles. The van der Waals surface area contributed by atoms with Crippen molar-refractivity contribution < 1.29 is 9.59 Å². The van der Waals surface area contributed by atoms with E-state index in [9.17, 15) is 9.59 Å². The van der Waals surface area contributed by atoms with Gasteiger partial charge in [0.2, 0.25) is 5.91 Å². The number of benzene rings is 2. The average Bonchev–Trinajstić information content (AvgIpc) is 3.09. The van der Waals surface area contributed by atoms with Crippen molar-refractivity contribution in [2.24, 2.45) is 0 Å². The van der Waals surface area contributed by atoms with E-state index in [4.69, 9.17) is 0 Å². The maximum absolute atomic E-state index is 13.2. The van der Waals surface area contributed by atoms with E-state index in [0.717, 1.165) is 22.3 Å². The lowest BCUT2D eigenvalue weighted by molar-refractivity contribution is -0.120. The van der Waals surface area contributed by atoms with E-state index in [1.54, 1.807) is 22.7 Å². The lowest BCUT2D eigenvalue weighted by Gasteiger charge is -2.25. The number of hydrogen-bond donors (Lipinski definition) is 1. The predicted octanol–water partition coefficient (Wildman–Crippen LogP) is 3.89. The monoisotopic (exact) mass is 432 g/mol. The number of carbonyl (C=O) groups is 2. The molecular formula is C20H21BrN2O2S. The molecule has 3 rings (SSSR count). The summed E-state index contributed by atoms with van der Waals surface area (Å²) in [5.74, 6) is 0.538. The second kappa shape index (κ2) is 8.73. The van der Waals surface area contributed by atoms with Crippen LogP contribution < -0.4 is 10.2 Å². The first-order valence-electron chi connectivity index (χ1n) is 8.55. The molecule has 26 heavy (non-hydrogen) atoms. The summed E-state index contributed by atoms with van der Waals surface area (Å²) in [6, 6.07) is 14.7. The van der Waals surface area contributed by atoms with Crippen LogP contribution in [0.2, 0.25) is 0 Å². The van der Waals surface area contributed by atoms with Crippen LogP contribution in [-0.2, 0) is 11.2 Å². The van der Waals surface area contributed by atoms with E-state index in [0.29, 0.717) is 18.5 Å². The predicted molar refractivity (Wildman–Crippen MR) is 111 cm³/mol. The van der Waals surface area contributed by atoms with Crippen LogP contribution >= 0.6 is 27.7 Å². The third-order valence-electron chi connectivity index (χ3n) is 4.49. The Hall–Kier alpha value is -1.79. The molecule has 0 fully saturated rings. The van der Waals surface area contributed by atoms with E-state index in [1.807, 2.05) is 42.7 Å². The normalized spacial score (nSPS) is 14.0. The zero-order chi connectivity index (χ0) is 18.5. The molecule has 1 aliphatic heterocycles. The Balaban J connectivity index is 1.79. The van der Waals surface area contributed by atoms with Crippen LogP contribution in [-0.4, -0.2) is 36.4 Å². The van der Waals surface area contributed by atoms with Gasteiger partial charge in [0.25, 0.3) is 5.91 Å². The van der Waals surface area contributed by atoms with Crippen LogP contribution in [0.3, 0.4) is 0 Å². The highest BCUT2D eigenvalue weighted by molar-refractivity contribution is 9.10. The molecule has 0 unspecified atom stereocenters. The van der Waals surface area contributed by atoms with Gasteiger partial charge < -0.3 is 10.2 Å². The van der Waals surface area contributed by atoms with Gasteiger partial charge >= 0.3 is 0 Å². The second-order valence-electron chi connectivity index (χ2n) is 6.16. The number of para-hydroxylation sites is 1. The lowest BCUT2D eigenvalue weighted by atomic mass is 10.1.